The average molecular weight is 652 g/mol. The van der Waals surface area contributed by atoms with Gasteiger partial charge in [0, 0.05) is 22.1 Å². The van der Waals surface area contributed by atoms with E-state index in [0.717, 1.165) is 29.0 Å². The number of nitrogens with one attached hydrogen (secondary N) is 1. The fourth-order valence-corrected chi connectivity index (χ4v) is 6.26. The van der Waals surface area contributed by atoms with Crippen molar-refractivity contribution in [1.82, 2.24) is 0 Å². The molecular weight excluding hydrogens is 607 g/mol. The Morgan fingerprint density at radius 1 is 0.440 bits per heavy atom. The van der Waals surface area contributed by atoms with E-state index in [-0.39, 0.29) is 0 Å². The second-order valence-electron chi connectivity index (χ2n) is 12.2. The average Bonchev–Trinajstić information content (AvgIpc) is 3.56. The van der Waals surface area contributed by atoms with Crippen LogP contribution in [0, 0.1) is 6.92 Å². The summed E-state index contributed by atoms with van der Waals surface area (Å²) in [5, 5.41) is 5.83. The van der Waals surface area contributed by atoms with E-state index < -0.39 is 0 Å². The third-order valence-electron chi connectivity index (χ3n) is 8.84. The molecule has 0 bridgehead atoms. The van der Waals surface area contributed by atoms with Gasteiger partial charge in [0.15, 0.2) is 0 Å². The molecule has 0 aliphatic rings. The van der Waals surface area contributed by atoms with Gasteiger partial charge in [-0.25, -0.2) is 0 Å². The fraction of sp³-hybridized carbons (Fsp3) is 0.125. The SMILES string of the molecule is CC.CCCc1ccc(Nc2ccc(-c3ccccc3)cc2)cc1C.c1ccc(-c2ccc(-c3ccc4oc5ccccc5c4c3)cc2)cc1. The monoisotopic (exact) mass is 651 g/mol. The molecule has 0 unspecified atom stereocenters. The lowest BCUT2D eigenvalue weighted by Gasteiger charge is -2.11. The van der Waals surface area contributed by atoms with E-state index in [0.29, 0.717) is 0 Å². The minimum Gasteiger partial charge on any atom is -0.456 e. The van der Waals surface area contributed by atoms with Crippen LogP contribution in [0.5, 0.6) is 0 Å². The fourth-order valence-electron chi connectivity index (χ4n) is 6.26. The number of hydrogen-bond acceptors (Lipinski definition) is 2. The number of anilines is 2. The summed E-state index contributed by atoms with van der Waals surface area (Å²) in [6.45, 7) is 8.41. The molecule has 0 saturated carbocycles. The highest BCUT2D eigenvalue weighted by Gasteiger charge is 2.08. The molecule has 0 spiro atoms. The molecule has 2 nitrogen and oxygen atoms in total. The summed E-state index contributed by atoms with van der Waals surface area (Å²) >= 11 is 0. The van der Waals surface area contributed by atoms with Crippen LogP contribution >= 0.6 is 0 Å². The van der Waals surface area contributed by atoms with Gasteiger partial charge in [0.2, 0.25) is 0 Å². The molecule has 0 atom stereocenters. The molecule has 0 radical (unpaired) electrons. The minimum absolute atomic E-state index is 0.936. The van der Waals surface area contributed by atoms with Crippen LogP contribution in [-0.2, 0) is 6.42 Å². The zero-order valence-corrected chi connectivity index (χ0v) is 29.5. The summed E-state index contributed by atoms with van der Waals surface area (Å²) in [6.07, 6.45) is 2.34. The van der Waals surface area contributed by atoms with Gasteiger partial charge >= 0.3 is 0 Å². The van der Waals surface area contributed by atoms with E-state index in [1.807, 2.05) is 38.1 Å². The van der Waals surface area contributed by atoms with Gasteiger partial charge in [0.05, 0.1) is 0 Å². The molecule has 50 heavy (non-hydrogen) atoms. The smallest absolute Gasteiger partial charge is 0.135 e. The first-order chi connectivity index (χ1) is 24.6. The van der Waals surface area contributed by atoms with Crippen LogP contribution in [0.2, 0.25) is 0 Å². The van der Waals surface area contributed by atoms with Crippen molar-refractivity contribution in [1.29, 1.82) is 0 Å². The van der Waals surface area contributed by atoms with Gasteiger partial charge in [-0.15, -0.1) is 0 Å². The maximum absolute atomic E-state index is 5.92. The number of hydrogen-bond donors (Lipinski definition) is 1. The summed E-state index contributed by atoms with van der Waals surface area (Å²) in [5.74, 6) is 0. The summed E-state index contributed by atoms with van der Waals surface area (Å²) in [5.41, 5.74) is 14.3. The molecular formula is C48H45NO. The van der Waals surface area contributed by atoms with Gasteiger partial charge in [-0.2, -0.15) is 0 Å². The Labute approximate surface area is 297 Å². The van der Waals surface area contributed by atoms with Crippen LogP contribution in [0.3, 0.4) is 0 Å². The molecule has 1 N–H and O–H groups in total. The second-order valence-corrected chi connectivity index (χ2v) is 12.2. The van der Waals surface area contributed by atoms with Gasteiger partial charge in [0.25, 0.3) is 0 Å². The quantitative estimate of drug-likeness (QED) is 0.185. The minimum atomic E-state index is 0.936. The van der Waals surface area contributed by atoms with E-state index in [1.165, 1.54) is 61.7 Å². The molecule has 0 fully saturated rings. The lowest BCUT2D eigenvalue weighted by molar-refractivity contribution is 0.669. The molecule has 1 aromatic heterocycles. The van der Waals surface area contributed by atoms with Crippen molar-refractivity contribution in [2.24, 2.45) is 0 Å². The maximum atomic E-state index is 5.92. The Hall–Kier alpha value is -5.86. The lowest BCUT2D eigenvalue weighted by Crippen LogP contribution is -1.94. The van der Waals surface area contributed by atoms with E-state index >= 15 is 0 Å². The van der Waals surface area contributed by atoms with Crippen molar-refractivity contribution >= 4 is 33.3 Å². The molecule has 7 aromatic carbocycles. The topological polar surface area (TPSA) is 25.2 Å². The second kappa shape index (κ2) is 16.5. The van der Waals surface area contributed by atoms with Crippen LogP contribution < -0.4 is 5.32 Å². The van der Waals surface area contributed by atoms with Crippen molar-refractivity contribution in [3.05, 3.63) is 181 Å². The molecule has 8 aromatic rings. The zero-order valence-electron chi connectivity index (χ0n) is 29.5. The van der Waals surface area contributed by atoms with Gasteiger partial charge < -0.3 is 9.73 Å². The third-order valence-corrected chi connectivity index (χ3v) is 8.84. The Bertz CT molecular complexity index is 2250. The molecule has 2 heteroatoms. The molecule has 8 rings (SSSR count). The lowest BCUT2D eigenvalue weighted by atomic mass is 9.99. The zero-order chi connectivity index (χ0) is 34.7. The number of benzene rings is 7. The number of furan rings is 1. The van der Waals surface area contributed by atoms with E-state index in [9.17, 15) is 0 Å². The highest BCUT2D eigenvalue weighted by molar-refractivity contribution is 6.06. The standard InChI is InChI=1S/C24H16O.C22H23N.C2H6/c1-2-6-17(7-3-1)18-10-12-19(13-11-18)20-14-15-24-22(16-20)21-8-4-5-9-23(21)25-24;1-3-7-18-10-15-22(16-17(18)2)23-21-13-11-20(12-14-21)19-8-5-4-6-9-19;1-2/h1-16H;4-6,8-16,23H,3,7H2,1-2H3;1-2H3. The normalized spacial score (nSPS) is 10.6. The molecule has 1 heterocycles. The van der Waals surface area contributed by atoms with Crippen molar-refractivity contribution in [3.63, 3.8) is 0 Å². The number of para-hydroxylation sites is 1. The van der Waals surface area contributed by atoms with Gasteiger partial charge in [-0.3, -0.25) is 0 Å². The largest absolute Gasteiger partial charge is 0.456 e. The van der Waals surface area contributed by atoms with Crippen molar-refractivity contribution in [3.8, 4) is 33.4 Å². The number of rotatable bonds is 7. The summed E-state index contributed by atoms with van der Waals surface area (Å²) < 4.78 is 5.92. The molecule has 0 saturated heterocycles. The summed E-state index contributed by atoms with van der Waals surface area (Å²) in [7, 11) is 0. The number of aryl methyl sites for hydroxylation is 2. The molecule has 0 amide bonds. The van der Waals surface area contributed by atoms with Crippen LogP contribution in [-0.4, -0.2) is 0 Å². The first kappa shape index (κ1) is 34.0. The molecule has 248 valence electrons. The first-order valence-corrected chi connectivity index (χ1v) is 17.7. The maximum Gasteiger partial charge on any atom is 0.135 e. The van der Waals surface area contributed by atoms with Crippen LogP contribution in [0.4, 0.5) is 11.4 Å². The third kappa shape index (κ3) is 8.05. The van der Waals surface area contributed by atoms with Gasteiger partial charge in [0.1, 0.15) is 11.2 Å². The molecule has 0 aliphatic heterocycles. The highest BCUT2D eigenvalue weighted by Crippen LogP contribution is 2.33. The van der Waals surface area contributed by atoms with E-state index in [4.69, 9.17) is 4.42 Å². The van der Waals surface area contributed by atoms with E-state index in [1.54, 1.807) is 0 Å². The summed E-state index contributed by atoms with van der Waals surface area (Å²) in [6, 6.07) is 59.5. The van der Waals surface area contributed by atoms with Gasteiger partial charge in [-0.05, 0) is 100 Å². The van der Waals surface area contributed by atoms with Gasteiger partial charge in [-0.1, -0.05) is 155 Å². The van der Waals surface area contributed by atoms with Crippen LogP contribution in [0.1, 0.15) is 38.3 Å². The Balaban J connectivity index is 0.000000166. The van der Waals surface area contributed by atoms with E-state index in [2.05, 4.69) is 165 Å². The number of fused-ring (bicyclic) bond motifs is 3. The molecule has 0 aliphatic carbocycles. The Kier molecular flexibility index (Phi) is 11.2. The van der Waals surface area contributed by atoms with Crippen molar-refractivity contribution in [2.45, 2.75) is 40.5 Å². The summed E-state index contributed by atoms with van der Waals surface area (Å²) in [4.78, 5) is 0. The highest BCUT2D eigenvalue weighted by atomic mass is 16.3. The Morgan fingerprint density at radius 2 is 0.920 bits per heavy atom. The Morgan fingerprint density at radius 3 is 1.52 bits per heavy atom. The van der Waals surface area contributed by atoms with Crippen molar-refractivity contribution in [2.75, 3.05) is 5.32 Å². The van der Waals surface area contributed by atoms with Crippen LogP contribution in [0.15, 0.2) is 174 Å². The van der Waals surface area contributed by atoms with Crippen molar-refractivity contribution < 1.29 is 4.42 Å². The predicted molar refractivity (Wildman–Crippen MR) is 216 cm³/mol. The van der Waals surface area contributed by atoms with Crippen LogP contribution in [0.25, 0.3) is 55.3 Å². The predicted octanol–water partition coefficient (Wildman–Crippen LogP) is 14.3. The first-order valence-electron chi connectivity index (χ1n) is 17.7.